The molecule has 1 amide bonds. The average Bonchev–Trinajstić information content (AvgIpc) is 3.11. The van der Waals surface area contributed by atoms with Gasteiger partial charge in [-0.2, -0.15) is 0 Å². The Morgan fingerprint density at radius 2 is 1.65 bits per heavy atom. The molecule has 0 spiro atoms. The lowest BCUT2D eigenvalue weighted by atomic mass is 9.86. The molecule has 2 atom stereocenters. The molecule has 0 saturated carbocycles. The fourth-order valence-electron chi connectivity index (χ4n) is 4.26. The van der Waals surface area contributed by atoms with Crippen molar-refractivity contribution in [3.8, 4) is 0 Å². The van der Waals surface area contributed by atoms with Crippen molar-refractivity contribution in [3.05, 3.63) is 93.0 Å². The number of aromatic carboxylic acids is 1. The van der Waals surface area contributed by atoms with E-state index in [1.54, 1.807) is 24.3 Å². The number of hydrogen-bond donors (Lipinski definition) is 3. The third kappa shape index (κ3) is 4.31. The second-order valence-electron chi connectivity index (χ2n) is 9.30. The fraction of sp³-hybridized carbons (Fsp3) is 0.231. The predicted molar refractivity (Wildman–Crippen MR) is 136 cm³/mol. The molecule has 3 aromatic rings. The van der Waals surface area contributed by atoms with Crippen molar-refractivity contribution < 1.29 is 14.7 Å². The lowest BCUT2D eigenvalue weighted by molar-refractivity contribution is -0.119. The molecule has 0 fully saturated rings. The molecule has 0 saturated heterocycles. The molecular formula is C26H25Cl2N3O3. The van der Waals surface area contributed by atoms with Crippen molar-refractivity contribution >= 4 is 46.5 Å². The number of halogens is 2. The van der Waals surface area contributed by atoms with Crippen LogP contribution in [0.5, 0.6) is 0 Å². The summed E-state index contributed by atoms with van der Waals surface area (Å²) >= 11 is 13.1. The number of fused-ring (bicyclic) bond motifs is 1. The van der Waals surface area contributed by atoms with Crippen molar-refractivity contribution in [3.63, 3.8) is 0 Å². The van der Waals surface area contributed by atoms with Crippen LogP contribution >= 0.6 is 23.2 Å². The Bertz CT molecular complexity index is 1250. The van der Waals surface area contributed by atoms with Gasteiger partial charge in [0.15, 0.2) is 0 Å². The fourth-order valence-corrected chi connectivity index (χ4v) is 4.87. The molecule has 8 heteroatoms. The van der Waals surface area contributed by atoms with Crippen LogP contribution in [0.15, 0.2) is 60.7 Å². The average molecular weight is 498 g/mol. The highest BCUT2D eigenvalue weighted by Gasteiger charge is 2.40. The molecule has 0 bridgehead atoms. The SMILES string of the molecule is CC(C)(C)c1ccc(C(C(N)=O)N2c3ccc(C(=O)O)cc3NC2c2c(Cl)cccc2Cl)cc1. The number of benzene rings is 3. The zero-order valence-electron chi connectivity index (χ0n) is 19.0. The molecule has 0 aliphatic carbocycles. The highest BCUT2D eigenvalue weighted by atomic mass is 35.5. The van der Waals surface area contributed by atoms with Gasteiger partial charge in [0.05, 0.1) is 16.9 Å². The van der Waals surface area contributed by atoms with Gasteiger partial charge in [-0.1, -0.05) is 74.3 Å². The highest BCUT2D eigenvalue weighted by molar-refractivity contribution is 6.36. The summed E-state index contributed by atoms with van der Waals surface area (Å²) in [7, 11) is 0. The van der Waals surface area contributed by atoms with Crippen LogP contribution in [-0.4, -0.2) is 17.0 Å². The highest BCUT2D eigenvalue weighted by Crippen LogP contribution is 2.49. The normalized spacial score (nSPS) is 16.0. The monoisotopic (exact) mass is 497 g/mol. The standard InChI is InChI=1S/C26H25Cl2N3O3/c1-26(2,3)16-10-7-14(8-11-16)22(23(29)32)31-20-12-9-15(25(33)34)13-19(20)30-24(31)21-17(27)5-4-6-18(21)28/h4-13,22,24,30H,1-3H3,(H2,29,32)(H,33,34). The number of nitrogens with zero attached hydrogens (tertiary/aromatic N) is 1. The van der Waals surface area contributed by atoms with E-state index in [1.807, 2.05) is 29.2 Å². The number of carboxylic acids is 1. The molecule has 1 aliphatic rings. The number of nitrogens with one attached hydrogen (secondary N) is 1. The van der Waals surface area contributed by atoms with Crippen molar-refractivity contribution in [2.24, 2.45) is 5.73 Å². The number of nitrogens with two attached hydrogens (primary N) is 1. The summed E-state index contributed by atoms with van der Waals surface area (Å²) in [6.07, 6.45) is -0.653. The Hall–Kier alpha value is -3.22. The summed E-state index contributed by atoms with van der Waals surface area (Å²) < 4.78 is 0. The summed E-state index contributed by atoms with van der Waals surface area (Å²) in [5, 5.41) is 13.6. The molecule has 176 valence electrons. The Labute approximate surface area is 208 Å². The molecule has 3 aromatic carbocycles. The van der Waals surface area contributed by atoms with Crippen LogP contribution in [0.2, 0.25) is 10.0 Å². The summed E-state index contributed by atoms with van der Waals surface area (Å²) in [5.74, 6) is -1.62. The maximum absolute atomic E-state index is 12.9. The zero-order valence-corrected chi connectivity index (χ0v) is 20.5. The van der Waals surface area contributed by atoms with Crippen LogP contribution in [0.25, 0.3) is 0 Å². The number of rotatable bonds is 5. The minimum atomic E-state index is -1.06. The Morgan fingerprint density at radius 1 is 1.03 bits per heavy atom. The molecule has 1 aliphatic heterocycles. The molecule has 1 heterocycles. The Kier molecular flexibility index (Phi) is 6.23. The Balaban J connectivity index is 1.89. The van der Waals surface area contributed by atoms with Gasteiger partial charge in [-0.15, -0.1) is 0 Å². The van der Waals surface area contributed by atoms with Gasteiger partial charge in [0.25, 0.3) is 0 Å². The van der Waals surface area contributed by atoms with Gasteiger partial charge in [0, 0.05) is 15.6 Å². The summed E-state index contributed by atoms with van der Waals surface area (Å²) in [6.45, 7) is 6.34. The van der Waals surface area contributed by atoms with Crippen LogP contribution in [-0.2, 0) is 10.2 Å². The molecule has 4 N–H and O–H groups in total. The third-order valence-corrected chi connectivity index (χ3v) is 6.66. The van der Waals surface area contributed by atoms with Gasteiger partial charge >= 0.3 is 5.97 Å². The summed E-state index contributed by atoms with van der Waals surface area (Å²) in [4.78, 5) is 26.3. The van der Waals surface area contributed by atoms with Crippen LogP contribution < -0.4 is 16.0 Å². The van der Waals surface area contributed by atoms with E-state index >= 15 is 0 Å². The van der Waals surface area contributed by atoms with Crippen molar-refractivity contribution in [2.75, 3.05) is 10.2 Å². The molecule has 0 aromatic heterocycles. The van der Waals surface area contributed by atoms with Crippen LogP contribution in [0.3, 0.4) is 0 Å². The van der Waals surface area contributed by atoms with Gasteiger partial charge in [0.1, 0.15) is 12.2 Å². The molecular weight excluding hydrogens is 473 g/mol. The number of carbonyl (C=O) groups excluding carboxylic acids is 1. The number of carbonyl (C=O) groups is 2. The van der Waals surface area contributed by atoms with E-state index in [4.69, 9.17) is 28.9 Å². The lowest BCUT2D eigenvalue weighted by Gasteiger charge is -2.34. The lowest BCUT2D eigenvalue weighted by Crippen LogP contribution is -2.40. The quantitative estimate of drug-likeness (QED) is 0.393. The first-order valence-corrected chi connectivity index (χ1v) is 11.5. The first kappa shape index (κ1) is 23.9. The first-order valence-electron chi connectivity index (χ1n) is 10.7. The van der Waals surface area contributed by atoms with Gasteiger partial charge < -0.3 is 21.1 Å². The predicted octanol–water partition coefficient (Wildman–Crippen LogP) is 6.15. The number of primary amides is 1. The van der Waals surface area contributed by atoms with E-state index in [9.17, 15) is 14.7 Å². The van der Waals surface area contributed by atoms with Crippen LogP contribution in [0, 0.1) is 0 Å². The summed E-state index contributed by atoms with van der Waals surface area (Å²) in [6, 6.07) is 16.7. The van der Waals surface area contributed by atoms with E-state index in [0.717, 1.165) is 5.56 Å². The van der Waals surface area contributed by atoms with Crippen LogP contribution in [0.1, 0.15) is 60.0 Å². The number of anilines is 2. The van der Waals surface area contributed by atoms with Crippen molar-refractivity contribution in [1.82, 2.24) is 0 Å². The van der Waals surface area contributed by atoms with Crippen molar-refractivity contribution in [2.45, 2.75) is 38.4 Å². The number of amides is 1. The van der Waals surface area contributed by atoms with Crippen molar-refractivity contribution in [1.29, 1.82) is 0 Å². The second-order valence-corrected chi connectivity index (χ2v) is 10.1. The number of hydrogen-bond acceptors (Lipinski definition) is 4. The van der Waals surface area contributed by atoms with E-state index in [-0.39, 0.29) is 11.0 Å². The van der Waals surface area contributed by atoms with Gasteiger partial charge in [-0.05, 0) is 46.9 Å². The Morgan fingerprint density at radius 3 is 2.18 bits per heavy atom. The maximum atomic E-state index is 12.9. The smallest absolute Gasteiger partial charge is 0.335 e. The molecule has 6 nitrogen and oxygen atoms in total. The van der Waals surface area contributed by atoms with E-state index < -0.39 is 24.1 Å². The zero-order chi connectivity index (χ0) is 24.8. The third-order valence-electron chi connectivity index (χ3n) is 6.01. The van der Waals surface area contributed by atoms with Crippen LogP contribution in [0.4, 0.5) is 11.4 Å². The van der Waals surface area contributed by atoms with E-state index in [2.05, 4.69) is 26.1 Å². The number of carboxylic acid groups (broad SMARTS) is 1. The summed E-state index contributed by atoms with van der Waals surface area (Å²) in [5.41, 5.74) is 9.56. The minimum absolute atomic E-state index is 0.0522. The molecule has 0 radical (unpaired) electrons. The molecule has 34 heavy (non-hydrogen) atoms. The largest absolute Gasteiger partial charge is 0.478 e. The maximum Gasteiger partial charge on any atom is 0.335 e. The topological polar surface area (TPSA) is 95.7 Å². The van der Waals surface area contributed by atoms with Gasteiger partial charge in [-0.25, -0.2) is 4.79 Å². The van der Waals surface area contributed by atoms with E-state index in [1.165, 1.54) is 12.1 Å². The molecule has 4 rings (SSSR count). The second kappa shape index (κ2) is 8.85. The minimum Gasteiger partial charge on any atom is -0.478 e. The van der Waals surface area contributed by atoms with Gasteiger partial charge in [0.2, 0.25) is 5.91 Å². The van der Waals surface area contributed by atoms with E-state index in [0.29, 0.717) is 32.5 Å². The first-order chi connectivity index (χ1) is 16.0. The molecule has 2 unspecified atom stereocenters. The van der Waals surface area contributed by atoms with Gasteiger partial charge in [-0.3, -0.25) is 4.79 Å².